The van der Waals surface area contributed by atoms with E-state index in [0.717, 1.165) is 37.1 Å². The van der Waals surface area contributed by atoms with Crippen LogP contribution in [-0.2, 0) is 6.42 Å². The Morgan fingerprint density at radius 2 is 1.80 bits per heavy atom. The minimum absolute atomic E-state index is 0.201. The standard InChI is InChI=1S/C16H26BrN3/c1-12(2)19-6-8-20(9-7-19)16-11-15(17)5-4-14(16)10-13(3)18/h4-5,11-13H,6-10,18H2,1-3H3. The van der Waals surface area contributed by atoms with Crippen molar-refractivity contribution >= 4 is 21.6 Å². The van der Waals surface area contributed by atoms with Gasteiger partial charge in [0.05, 0.1) is 0 Å². The van der Waals surface area contributed by atoms with E-state index in [-0.39, 0.29) is 6.04 Å². The highest BCUT2D eigenvalue weighted by Gasteiger charge is 2.21. The number of rotatable bonds is 4. The van der Waals surface area contributed by atoms with Gasteiger partial charge in [-0.25, -0.2) is 0 Å². The highest BCUT2D eigenvalue weighted by atomic mass is 79.9. The molecule has 1 aromatic rings. The zero-order valence-corrected chi connectivity index (χ0v) is 14.4. The first kappa shape index (κ1) is 15.8. The number of piperazine rings is 1. The number of nitrogens with zero attached hydrogens (tertiary/aromatic N) is 2. The van der Waals surface area contributed by atoms with Crippen molar-refractivity contribution in [1.29, 1.82) is 0 Å². The zero-order valence-electron chi connectivity index (χ0n) is 12.8. The van der Waals surface area contributed by atoms with Crippen LogP contribution in [-0.4, -0.2) is 43.2 Å². The van der Waals surface area contributed by atoms with Crippen molar-refractivity contribution < 1.29 is 0 Å². The fourth-order valence-electron chi connectivity index (χ4n) is 2.83. The first-order valence-corrected chi connectivity index (χ1v) is 8.29. The van der Waals surface area contributed by atoms with Gasteiger partial charge < -0.3 is 10.6 Å². The van der Waals surface area contributed by atoms with Crippen LogP contribution in [0, 0.1) is 0 Å². The van der Waals surface area contributed by atoms with Gasteiger partial charge in [-0.3, -0.25) is 4.90 Å². The number of hydrogen-bond donors (Lipinski definition) is 1. The lowest BCUT2D eigenvalue weighted by Crippen LogP contribution is -2.49. The van der Waals surface area contributed by atoms with E-state index in [1.54, 1.807) is 0 Å². The Morgan fingerprint density at radius 1 is 1.15 bits per heavy atom. The van der Waals surface area contributed by atoms with Gasteiger partial charge in [0.1, 0.15) is 0 Å². The molecule has 1 aliphatic heterocycles. The molecule has 1 aromatic carbocycles. The average Bonchev–Trinajstić information content (AvgIpc) is 2.40. The van der Waals surface area contributed by atoms with Crippen molar-refractivity contribution in [3.8, 4) is 0 Å². The number of benzene rings is 1. The summed E-state index contributed by atoms with van der Waals surface area (Å²) in [5.74, 6) is 0. The van der Waals surface area contributed by atoms with Gasteiger partial charge in [-0.2, -0.15) is 0 Å². The molecule has 1 unspecified atom stereocenters. The maximum absolute atomic E-state index is 5.98. The van der Waals surface area contributed by atoms with Crippen LogP contribution >= 0.6 is 15.9 Å². The van der Waals surface area contributed by atoms with E-state index in [0.29, 0.717) is 6.04 Å². The van der Waals surface area contributed by atoms with Gasteiger partial charge in [0.2, 0.25) is 0 Å². The number of anilines is 1. The molecule has 1 atom stereocenters. The zero-order chi connectivity index (χ0) is 14.7. The largest absolute Gasteiger partial charge is 0.369 e. The van der Waals surface area contributed by atoms with Crippen molar-refractivity contribution in [1.82, 2.24) is 4.90 Å². The van der Waals surface area contributed by atoms with Crippen LogP contribution < -0.4 is 10.6 Å². The van der Waals surface area contributed by atoms with Crippen LogP contribution in [0.15, 0.2) is 22.7 Å². The van der Waals surface area contributed by atoms with Crippen LogP contribution in [0.4, 0.5) is 5.69 Å². The summed E-state index contributed by atoms with van der Waals surface area (Å²) in [7, 11) is 0. The molecular weight excluding hydrogens is 314 g/mol. The minimum Gasteiger partial charge on any atom is -0.369 e. The molecule has 20 heavy (non-hydrogen) atoms. The van der Waals surface area contributed by atoms with E-state index in [4.69, 9.17) is 5.73 Å². The maximum atomic E-state index is 5.98. The molecule has 0 saturated carbocycles. The number of halogens is 1. The molecule has 4 heteroatoms. The molecule has 1 heterocycles. The Balaban J connectivity index is 2.14. The van der Waals surface area contributed by atoms with Gasteiger partial charge in [0, 0.05) is 48.4 Å². The quantitative estimate of drug-likeness (QED) is 0.915. The molecule has 2 rings (SSSR count). The van der Waals surface area contributed by atoms with E-state index in [2.05, 4.69) is 64.7 Å². The molecule has 0 spiro atoms. The van der Waals surface area contributed by atoms with Gasteiger partial charge in [-0.15, -0.1) is 0 Å². The summed E-state index contributed by atoms with van der Waals surface area (Å²) in [6.45, 7) is 11.1. The van der Waals surface area contributed by atoms with Crippen LogP contribution in [0.25, 0.3) is 0 Å². The summed E-state index contributed by atoms with van der Waals surface area (Å²) in [5, 5.41) is 0. The summed E-state index contributed by atoms with van der Waals surface area (Å²) in [5.41, 5.74) is 8.69. The lowest BCUT2D eigenvalue weighted by molar-refractivity contribution is 0.209. The Kier molecular flexibility index (Phi) is 5.47. The molecule has 2 N–H and O–H groups in total. The molecule has 1 saturated heterocycles. The highest BCUT2D eigenvalue weighted by Crippen LogP contribution is 2.27. The smallest absolute Gasteiger partial charge is 0.0411 e. The highest BCUT2D eigenvalue weighted by molar-refractivity contribution is 9.10. The van der Waals surface area contributed by atoms with Crippen LogP contribution in [0.3, 0.4) is 0 Å². The van der Waals surface area contributed by atoms with E-state index in [1.807, 2.05) is 0 Å². The summed E-state index contributed by atoms with van der Waals surface area (Å²) in [6, 6.07) is 7.40. The Hall–Kier alpha value is -0.580. The summed E-state index contributed by atoms with van der Waals surface area (Å²) >= 11 is 3.60. The monoisotopic (exact) mass is 339 g/mol. The van der Waals surface area contributed by atoms with Crippen molar-refractivity contribution in [3.63, 3.8) is 0 Å². The molecule has 0 radical (unpaired) electrons. The predicted octanol–water partition coefficient (Wildman–Crippen LogP) is 2.87. The van der Waals surface area contributed by atoms with Crippen LogP contribution in [0.1, 0.15) is 26.3 Å². The second-order valence-electron chi connectivity index (χ2n) is 6.07. The SMILES string of the molecule is CC(N)Cc1ccc(Br)cc1N1CCN(C(C)C)CC1. The molecule has 1 aliphatic rings. The molecule has 1 fully saturated rings. The summed E-state index contributed by atoms with van der Waals surface area (Å²) in [4.78, 5) is 5.04. The van der Waals surface area contributed by atoms with Gasteiger partial charge >= 0.3 is 0 Å². The Morgan fingerprint density at radius 3 is 2.35 bits per heavy atom. The molecule has 3 nitrogen and oxygen atoms in total. The van der Waals surface area contributed by atoms with Crippen molar-refractivity contribution in [2.24, 2.45) is 5.73 Å². The van der Waals surface area contributed by atoms with Crippen molar-refractivity contribution in [3.05, 3.63) is 28.2 Å². The Labute approximate surface area is 131 Å². The lowest BCUT2D eigenvalue weighted by Gasteiger charge is -2.39. The number of hydrogen-bond acceptors (Lipinski definition) is 3. The van der Waals surface area contributed by atoms with Crippen molar-refractivity contribution in [2.75, 3.05) is 31.1 Å². The second kappa shape index (κ2) is 6.92. The van der Waals surface area contributed by atoms with Crippen LogP contribution in [0.2, 0.25) is 0 Å². The van der Waals surface area contributed by atoms with Gasteiger partial charge in [-0.05, 0) is 44.9 Å². The fourth-order valence-corrected chi connectivity index (χ4v) is 3.18. The van der Waals surface area contributed by atoms with Crippen molar-refractivity contribution in [2.45, 2.75) is 39.3 Å². The normalized spacial score (nSPS) is 18.6. The molecule has 112 valence electrons. The summed E-state index contributed by atoms with van der Waals surface area (Å²) < 4.78 is 1.15. The number of nitrogens with two attached hydrogens (primary N) is 1. The average molecular weight is 340 g/mol. The van der Waals surface area contributed by atoms with E-state index >= 15 is 0 Å². The third-order valence-electron chi connectivity index (χ3n) is 3.97. The fraction of sp³-hybridized carbons (Fsp3) is 0.625. The first-order valence-electron chi connectivity index (χ1n) is 7.50. The van der Waals surface area contributed by atoms with E-state index in [1.165, 1.54) is 11.3 Å². The third kappa shape index (κ3) is 3.96. The Bertz CT molecular complexity index is 437. The molecule has 0 bridgehead atoms. The molecule has 0 aromatic heterocycles. The molecular formula is C16H26BrN3. The predicted molar refractivity (Wildman–Crippen MR) is 90.4 cm³/mol. The maximum Gasteiger partial charge on any atom is 0.0411 e. The third-order valence-corrected chi connectivity index (χ3v) is 4.47. The minimum atomic E-state index is 0.201. The lowest BCUT2D eigenvalue weighted by atomic mass is 10.0. The van der Waals surface area contributed by atoms with Crippen LogP contribution in [0.5, 0.6) is 0 Å². The summed E-state index contributed by atoms with van der Waals surface area (Å²) in [6.07, 6.45) is 0.938. The first-order chi connectivity index (χ1) is 9.47. The second-order valence-corrected chi connectivity index (χ2v) is 6.99. The van der Waals surface area contributed by atoms with Gasteiger partial charge in [0.25, 0.3) is 0 Å². The van der Waals surface area contributed by atoms with E-state index in [9.17, 15) is 0 Å². The van der Waals surface area contributed by atoms with Gasteiger partial charge in [-0.1, -0.05) is 22.0 Å². The molecule has 0 amide bonds. The topological polar surface area (TPSA) is 32.5 Å². The van der Waals surface area contributed by atoms with E-state index < -0.39 is 0 Å². The van der Waals surface area contributed by atoms with Gasteiger partial charge in [0.15, 0.2) is 0 Å². The molecule has 0 aliphatic carbocycles.